The number of allylic oxidation sites excluding steroid dienone is 2. The normalized spacial score (nSPS) is 29.1. The second-order valence-electron chi connectivity index (χ2n) is 2.89. The van der Waals surface area contributed by atoms with Gasteiger partial charge in [0, 0.05) is 15.4 Å². The Labute approximate surface area is 106 Å². The molecule has 0 aliphatic heterocycles. The van der Waals surface area contributed by atoms with E-state index in [0.29, 0.717) is 15.4 Å². The summed E-state index contributed by atoms with van der Waals surface area (Å²) in [7, 11) is -4.27. The predicted molar refractivity (Wildman–Crippen MR) is 65.5 cm³/mol. The van der Waals surface area contributed by atoms with Crippen LogP contribution in [-0.2, 0) is 4.57 Å². The van der Waals surface area contributed by atoms with Crippen molar-refractivity contribution in [3.8, 4) is 0 Å². The van der Waals surface area contributed by atoms with Crippen molar-refractivity contribution in [2.45, 2.75) is 10.9 Å². The Bertz CT molecular complexity index is 371. The summed E-state index contributed by atoms with van der Waals surface area (Å²) in [6.45, 7) is 0. The smallest absolute Gasteiger partial charge is 0.321 e. The molecule has 80 valence electrons. The molecule has 0 aromatic carbocycles. The predicted octanol–water partition coefficient (Wildman–Crippen LogP) is 2.50. The number of rotatable bonds is 1. The standard InChI is InChI=1S/C6H7Br3NO3P/c7-3-1-6(9,10)2-4(8)5(3)14(11,12)13/h1H,2,10H2,(H2,11,12,13). The van der Waals surface area contributed by atoms with Crippen molar-refractivity contribution in [2.75, 3.05) is 0 Å². The minimum Gasteiger partial charge on any atom is -0.321 e. The molecular weight excluding hydrogens is 405 g/mol. The fourth-order valence-corrected chi connectivity index (χ4v) is 5.99. The molecule has 1 aliphatic carbocycles. The van der Waals surface area contributed by atoms with Crippen molar-refractivity contribution in [1.29, 1.82) is 0 Å². The van der Waals surface area contributed by atoms with E-state index in [4.69, 9.17) is 15.5 Å². The highest BCUT2D eigenvalue weighted by Gasteiger charge is 2.35. The van der Waals surface area contributed by atoms with Crippen LogP contribution in [0.15, 0.2) is 20.4 Å². The minimum atomic E-state index is -4.27. The highest BCUT2D eigenvalue weighted by Crippen LogP contribution is 2.56. The number of hydrogen-bond acceptors (Lipinski definition) is 2. The molecule has 8 heteroatoms. The molecule has 0 aromatic rings. The largest absolute Gasteiger partial charge is 0.358 e. The maximum absolute atomic E-state index is 11.1. The van der Waals surface area contributed by atoms with Gasteiger partial charge in [0.2, 0.25) is 0 Å². The van der Waals surface area contributed by atoms with Crippen molar-refractivity contribution in [1.82, 2.24) is 0 Å². The number of nitrogens with two attached hydrogens (primary N) is 1. The minimum absolute atomic E-state index is 0.0435. The van der Waals surface area contributed by atoms with E-state index < -0.39 is 12.0 Å². The molecule has 0 amide bonds. The van der Waals surface area contributed by atoms with E-state index in [1.807, 2.05) is 0 Å². The van der Waals surface area contributed by atoms with Gasteiger partial charge in [0.15, 0.2) is 0 Å². The molecule has 14 heavy (non-hydrogen) atoms. The Balaban J connectivity index is 3.24. The van der Waals surface area contributed by atoms with Gasteiger partial charge in [-0.2, -0.15) is 0 Å². The molecule has 1 unspecified atom stereocenters. The zero-order chi connectivity index (χ0) is 11.1. The lowest BCUT2D eigenvalue weighted by Crippen LogP contribution is -2.32. The van der Waals surface area contributed by atoms with Crippen LogP contribution in [0.5, 0.6) is 0 Å². The van der Waals surface area contributed by atoms with Crippen molar-refractivity contribution < 1.29 is 14.4 Å². The Morgan fingerprint density at radius 1 is 1.50 bits per heavy atom. The summed E-state index contributed by atoms with van der Waals surface area (Å²) >= 11 is 9.41. The summed E-state index contributed by atoms with van der Waals surface area (Å²) in [6.07, 6.45) is 1.81. The van der Waals surface area contributed by atoms with Crippen LogP contribution in [0.4, 0.5) is 0 Å². The summed E-state index contributed by atoms with van der Waals surface area (Å²) in [4.78, 5) is 18.1. The zero-order valence-corrected chi connectivity index (χ0v) is 12.4. The molecule has 0 heterocycles. The third-order valence-electron chi connectivity index (χ3n) is 1.57. The quantitative estimate of drug-likeness (QED) is 0.352. The molecule has 0 fully saturated rings. The van der Waals surface area contributed by atoms with Crippen LogP contribution in [0.2, 0.25) is 0 Å². The average Bonchev–Trinajstić information content (AvgIpc) is 1.75. The lowest BCUT2D eigenvalue weighted by Gasteiger charge is -2.26. The molecule has 4 N–H and O–H groups in total. The van der Waals surface area contributed by atoms with E-state index in [9.17, 15) is 4.57 Å². The van der Waals surface area contributed by atoms with Gasteiger partial charge in [0.05, 0.1) is 9.76 Å². The second kappa shape index (κ2) is 4.13. The van der Waals surface area contributed by atoms with Crippen LogP contribution in [0.25, 0.3) is 0 Å². The first kappa shape index (κ1) is 13.1. The first-order chi connectivity index (χ1) is 6.13. The Morgan fingerprint density at radius 3 is 2.36 bits per heavy atom. The Hall–Kier alpha value is 1.03. The van der Waals surface area contributed by atoms with E-state index in [1.54, 1.807) is 0 Å². The third kappa shape index (κ3) is 3.01. The summed E-state index contributed by atoms with van der Waals surface area (Å²) in [6, 6.07) is 0. The van der Waals surface area contributed by atoms with Crippen molar-refractivity contribution in [2.24, 2.45) is 5.73 Å². The van der Waals surface area contributed by atoms with Crippen LogP contribution in [0.3, 0.4) is 0 Å². The molecule has 0 aromatic heterocycles. The van der Waals surface area contributed by atoms with Gasteiger partial charge in [-0.15, -0.1) is 0 Å². The Kier molecular flexibility index (Phi) is 3.86. The molecule has 1 rings (SSSR count). The van der Waals surface area contributed by atoms with Gasteiger partial charge in [-0.25, -0.2) is 0 Å². The summed E-state index contributed by atoms with van der Waals surface area (Å²) in [5.41, 5.74) is 5.76. The first-order valence-corrected chi connectivity index (χ1v) is 7.44. The van der Waals surface area contributed by atoms with E-state index >= 15 is 0 Å². The van der Waals surface area contributed by atoms with E-state index in [0.717, 1.165) is 0 Å². The number of hydrogen-bond donors (Lipinski definition) is 3. The molecular formula is C6H7Br3NO3P. The summed E-state index contributed by atoms with van der Waals surface area (Å²) < 4.78 is 11.0. The molecule has 0 bridgehead atoms. The highest BCUT2D eigenvalue weighted by molar-refractivity contribution is 9.12. The monoisotopic (exact) mass is 409 g/mol. The van der Waals surface area contributed by atoms with E-state index in [1.165, 1.54) is 6.08 Å². The van der Waals surface area contributed by atoms with Crippen LogP contribution < -0.4 is 5.73 Å². The molecule has 0 saturated carbocycles. The zero-order valence-electron chi connectivity index (χ0n) is 6.75. The number of halogens is 3. The molecule has 0 spiro atoms. The average molecular weight is 412 g/mol. The van der Waals surface area contributed by atoms with Crippen LogP contribution in [0.1, 0.15) is 6.42 Å². The van der Waals surface area contributed by atoms with Gasteiger partial charge in [0.1, 0.15) is 0 Å². The molecule has 1 aliphatic rings. The molecule has 1 atom stereocenters. The SMILES string of the molecule is NC1(Br)C=C(Br)C(P(=O)(O)O)=C(Br)C1. The van der Waals surface area contributed by atoms with Gasteiger partial charge in [-0.3, -0.25) is 4.57 Å². The van der Waals surface area contributed by atoms with Crippen LogP contribution in [0, 0.1) is 0 Å². The fourth-order valence-electron chi connectivity index (χ4n) is 1.08. The lowest BCUT2D eigenvalue weighted by atomic mass is 10.1. The molecule has 0 radical (unpaired) electrons. The maximum Gasteiger partial charge on any atom is 0.358 e. The van der Waals surface area contributed by atoms with Gasteiger partial charge < -0.3 is 15.5 Å². The highest BCUT2D eigenvalue weighted by atomic mass is 79.9. The fraction of sp³-hybridized carbons (Fsp3) is 0.333. The topological polar surface area (TPSA) is 83.6 Å². The summed E-state index contributed by atoms with van der Waals surface area (Å²) in [5.74, 6) is 0. The third-order valence-corrected chi connectivity index (χ3v) is 5.09. The van der Waals surface area contributed by atoms with E-state index in [2.05, 4.69) is 47.8 Å². The van der Waals surface area contributed by atoms with Gasteiger partial charge in [-0.05, 0) is 6.08 Å². The Morgan fingerprint density at radius 2 is 2.00 bits per heavy atom. The van der Waals surface area contributed by atoms with Crippen LogP contribution >= 0.6 is 55.4 Å². The van der Waals surface area contributed by atoms with Gasteiger partial charge in [0.25, 0.3) is 0 Å². The lowest BCUT2D eigenvalue weighted by molar-refractivity contribution is 0.383. The van der Waals surface area contributed by atoms with Crippen molar-refractivity contribution in [3.63, 3.8) is 0 Å². The van der Waals surface area contributed by atoms with Gasteiger partial charge in [-0.1, -0.05) is 47.8 Å². The first-order valence-electron chi connectivity index (χ1n) is 3.45. The van der Waals surface area contributed by atoms with Gasteiger partial charge >= 0.3 is 7.60 Å². The van der Waals surface area contributed by atoms with Crippen molar-refractivity contribution >= 4 is 55.4 Å². The number of alkyl halides is 1. The van der Waals surface area contributed by atoms with Crippen molar-refractivity contribution in [3.05, 3.63) is 20.4 Å². The maximum atomic E-state index is 11.1. The van der Waals surface area contributed by atoms with Crippen LogP contribution in [-0.4, -0.2) is 14.2 Å². The van der Waals surface area contributed by atoms with E-state index in [-0.39, 0.29) is 5.31 Å². The second-order valence-corrected chi connectivity index (χ2v) is 7.72. The molecule has 0 saturated heterocycles. The molecule has 4 nitrogen and oxygen atoms in total. The summed E-state index contributed by atoms with van der Waals surface area (Å²) in [5, 5.41) is -0.0435.